The topological polar surface area (TPSA) is 58.1 Å². The number of amides is 1. The van der Waals surface area contributed by atoms with Crippen LogP contribution in [0.3, 0.4) is 0 Å². The van der Waals surface area contributed by atoms with Crippen LogP contribution >= 0.6 is 0 Å². The largest absolute Gasteiger partial charge is 0.373 e. The van der Waals surface area contributed by atoms with Crippen LogP contribution in [0.5, 0.6) is 0 Å². The quantitative estimate of drug-likeness (QED) is 0.919. The summed E-state index contributed by atoms with van der Waals surface area (Å²) in [4.78, 5) is 22.9. The number of aromatic nitrogens is 2. The molecule has 1 aliphatic heterocycles. The van der Waals surface area contributed by atoms with Gasteiger partial charge < -0.3 is 10.2 Å². The first kappa shape index (κ1) is 14.8. The number of aryl methyl sites for hydroxylation is 1. The highest BCUT2D eigenvalue weighted by molar-refractivity contribution is 5.78. The highest BCUT2D eigenvalue weighted by Crippen LogP contribution is 2.34. The average molecular weight is 276 g/mol. The normalized spacial score (nSPS) is 19.6. The summed E-state index contributed by atoms with van der Waals surface area (Å²) in [5, 5.41) is 3.02. The molecule has 1 amide bonds. The SMILES string of the molecule is CNc1cc(C)nc(CN2CC(C(C)(C)C)CC2=O)n1. The van der Waals surface area contributed by atoms with Crippen LogP contribution < -0.4 is 5.32 Å². The van der Waals surface area contributed by atoms with E-state index in [2.05, 4.69) is 36.1 Å². The summed E-state index contributed by atoms with van der Waals surface area (Å²) in [5.74, 6) is 2.12. The van der Waals surface area contributed by atoms with E-state index in [-0.39, 0.29) is 11.3 Å². The second-order valence-electron chi connectivity index (χ2n) is 6.60. The zero-order chi connectivity index (χ0) is 14.9. The van der Waals surface area contributed by atoms with Gasteiger partial charge in [-0.2, -0.15) is 0 Å². The molecule has 0 aromatic carbocycles. The van der Waals surface area contributed by atoms with Gasteiger partial charge >= 0.3 is 0 Å². The molecule has 5 nitrogen and oxygen atoms in total. The predicted octanol–water partition coefficient (Wildman–Crippen LogP) is 2.22. The van der Waals surface area contributed by atoms with Crippen LogP contribution in [0.15, 0.2) is 6.07 Å². The van der Waals surface area contributed by atoms with Crippen LogP contribution in [0.1, 0.15) is 38.7 Å². The lowest BCUT2D eigenvalue weighted by atomic mass is 9.80. The molecule has 20 heavy (non-hydrogen) atoms. The van der Waals surface area contributed by atoms with Gasteiger partial charge in [0.15, 0.2) is 0 Å². The van der Waals surface area contributed by atoms with Crippen LogP contribution in [0.2, 0.25) is 0 Å². The van der Waals surface area contributed by atoms with Crippen molar-refractivity contribution in [3.8, 4) is 0 Å². The standard InChI is InChI=1S/C15H24N4O/c1-10-6-12(16-5)18-13(17-10)9-19-8-11(7-14(19)20)15(2,3)4/h6,11H,7-9H2,1-5H3,(H,16,17,18). The van der Waals surface area contributed by atoms with Crippen LogP contribution in [-0.2, 0) is 11.3 Å². The number of likely N-dealkylation sites (tertiary alicyclic amines) is 1. The van der Waals surface area contributed by atoms with Crippen molar-refractivity contribution in [1.82, 2.24) is 14.9 Å². The summed E-state index contributed by atoms with van der Waals surface area (Å²) in [5.41, 5.74) is 1.08. The zero-order valence-electron chi connectivity index (χ0n) is 13.0. The Bertz CT molecular complexity index is 507. The fourth-order valence-corrected chi connectivity index (χ4v) is 2.50. The van der Waals surface area contributed by atoms with Gasteiger partial charge in [-0.15, -0.1) is 0 Å². The van der Waals surface area contributed by atoms with Gasteiger partial charge in [-0.3, -0.25) is 4.79 Å². The van der Waals surface area contributed by atoms with Crippen molar-refractivity contribution >= 4 is 11.7 Å². The maximum absolute atomic E-state index is 12.1. The Labute approximate surface area is 120 Å². The zero-order valence-corrected chi connectivity index (χ0v) is 13.0. The molecular formula is C15H24N4O. The van der Waals surface area contributed by atoms with E-state index < -0.39 is 0 Å². The smallest absolute Gasteiger partial charge is 0.223 e. The lowest BCUT2D eigenvalue weighted by molar-refractivity contribution is -0.128. The number of hydrogen-bond donors (Lipinski definition) is 1. The number of carbonyl (C=O) groups excluding carboxylic acids is 1. The third kappa shape index (κ3) is 3.26. The first-order valence-corrected chi connectivity index (χ1v) is 7.09. The molecule has 0 spiro atoms. The first-order chi connectivity index (χ1) is 9.29. The molecule has 1 aliphatic rings. The fraction of sp³-hybridized carbons (Fsp3) is 0.667. The fourth-order valence-electron chi connectivity index (χ4n) is 2.50. The van der Waals surface area contributed by atoms with Crippen LogP contribution in [0.25, 0.3) is 0 Å². The predicted molar refractivity (Wildman–Crippen MR) is 79.3 cm³/mol. The van der Waals surface area contributed by atoms with Gasteiger partial charge in [0.05, 0.1) is 6.54 Å². The minimum absolute atomic E-state index is 0.161. The van der Waals surface area contributed by atoms with Gasteiger partial charge in [0.1, 0.15) is 11.6 Å². The minimum Gasteiger partial charge on any atom is -0.373 e. The number of anilines is 1. The monoisotopic (exact) mass is 276 g/mol. The molecule has 0 bridgehead atoms. The second kappa shape index (κ2) is 5.38. The summed E-state index contributed by atoms with van der Waals surface area (Å²) in [6.45, 7) is 9.82. The maximum atomic E-state index is 12.1. The van der Waals surface area contributed by atoms with Crippen molar-refractivity contribution in [2.24, 2.45) is 11.3 Å². The number of nitrogens with one attached hydrogen (secondary N) is 1. The van der Waals surface area contributed by atoms with Gasteiger partial charge in [0.25, 0.3) is 0 Å². The van der Waals surface area contributed by atoms with Gasteiger partial charge in [0, 0.05) is 31.8 Å². The van der Waals surface area contributed by atoms with Crippen molar-refractivity contribution < 1.29 is 4.79 Å². The van der Waals surface area contributed by atoms with Crippen LogP contribution in [0, 0.1) is 18.3 Å². The summed E-state index contributed by atoms with van der Waals surface area (Å²) in [6.07, 6.45) is 0.633. The maximum Gasteiger partial charge on any atom is 0.223 e. The van der Waals surface area contributed by atoms with E-state index in [0.29, 0.717) is 24.7 Å². The molecule has 2 heterocycles. The molecule has 5 heteroatoms. The van der Waals surface area contributed by atoms with E-state index >= 15 is 0 Å². The Morgan fingerprint density at radius 2 is 2.10 bits per heavy atom. The summed E-state index contributed by atoms with van der Waals surface area (Å²) < 4.78 is 0. The van der Waals surface area contributed by atoms with Gasteiger partial charge in [-0.1, -0.05) is 20.8 Å². The number of hydrogen-bond acceptors (Lipinski definition) is 4. The highest BCUT2D eigenvalue weighted by Gasteiger charge is 2.36. The summed E-state index contributed by atoms with van der Waals surface area (Å²) in [6, 6.07) is 1.90. The number of carbonyl (C=O) groups is 1. The third-order valence-electron chi connectivity index (χ3n) is 3.93. The lowest BCUT2D eigenvalue weighted by Crippen LogP contribution is -2.28. The molecule has 2 rings (SSSR count). The highest BCUT2D eigenvalue weighted by atomic mass is 16.2. The minimum atomic E-state index is 0.161. The van der Waals surface area contributed by atoms with Crippen LogP contribution in [-0.4, -0.2) is 34.4 Å². The molecule has 110 valence electrons. The van der Waals surface area contributed by atoms with E-state index in [4.69, 9.17) is 0 Å². The van der Waals surface area contributed by atoms with Gasteiger partial charge in [0.2, 0.25) is 5.91 Å². The van der Waals surface area contributed by atoms with E-state index in [9.17, 15) is 4.79 Å². The number of rotatable bonds is 3. The Kier molecular flexibility index (Phi) is 3.97. The summed E-state index contributed by atoms with van der Waals surface area (Å²) >= 11 is 0. The molecule has 0 saturated carbocycles. The number of nitrogens with zero attached hydrogens (tertiary/aromatic N) is 3. The van der Waals surface area contributed by atoms with Crippen molar-refractivity contribution in [3.05, 3.63) is 17.6 Å². The van der Waals surface area contributed by atoms with E-state index in [1.165, 1.54) is 0 Å². The average Bonchev–Trinajstić information content (AvgIpc) is 2.70. The van der Waals surface area contributed by atoms with Crippen molar-refractivity contribution in [2.45, 2.75) is 40.7 Å². The third-order valence-corrected chi connectivity index (χ3v) is 3.93. The van der Waals surface area contributed by atoms with Crippen molar-refractivity contribution in [2.75, 3.05) is 18.9 Å². The lowest BCUT2D eigenvalue weighted by Gasteiger charge is -2.26. The molecular weight excluding hydrogens is 252 g/mol. The Morgan fingerprint density at radius 3 is 2.65 bits per heavy atom. The van der Waals surface area contributed by atoms with Gasteiger partial charge in [-0.25, -0.2) is 9.97 Å². The van der Waals surface area contributed by atoms with Crippen molar-refractivity contribution in [1.29, 1.82) is 0 Å². The molecule has 1 saturated heterocycles. The molecule has 1 fully saturated rings. The van der Waals surface area contributed by atoms with Crippen LogP contribution in [0.4, 0.5) is 5.82 Å². The van der Waals surface area contributed by atoms with E-state index in [1.54, 1.807) is 0 Å². The van der Waals surface area contributed by atoms with Gasteiger partial charge in [-0.05, 0) is 18.3 Å². The second-order valence-corrected chi connectivity index (χ2v) is 6.60. The Hall–Kier alpha value is -1.65. The molecule has 0 aliphatic carbocycles. The Balaban J connectivity index is 2.11. The summed E-state index contributed by atoms with van der Waals surface area (Å²) in [7, 11) is 1.84. The Morgan fingerprint density at radius 1 is 1.40 bits per heavy atom. The molecule has 1 N–H and O–H groups in total. The van der Waals surface area contributed by atoms with Crippen molar-refractivity contribution in [3.63, 3.8) is 0 Å². The molecule has 1 unspecified atom stereocenters. The first-order valence-electron chi connectivity index (χ1n) is 7.09. The molecule has 1 aromatic heterocycles. The van der Waals surface area contributed by atoms with E-state index in [1.807, 2.05) is 24.9 Å². The molecule has 1 atom stereocenters. The molecule has 1 aromatic rings. The van der Waals surface area contributed by atoms with E-state index in [0.717, 1.165) is 18.1 Å². The molecule has 0 radical (unpaired) electrons.